The third kappa shape index (κ3) is 1.54. The highest BCUT2D eigenvalue weighted by Gasteiger charge is 2.06. The molecule has 0 fully saturated rings. The van der Waals surface area contributed by atoms with Gasteiger partial charge in [0.1, 0.15) is 0 Å². The van der Waals surface area contributed by atoms with Crippen LogP contribution in [-0.2, 0) is 6.54 Å². The summed E-state index contributed by atoms with van der Waals surface area (Å²) in [5.41, 5.74) is 6.14. The van der Waals surface area contributed by atoms with Gasteiger partial charge in [0.05, 0.1) is 12.1 Å². The molecule has 13 heavy (non-hydrogen) atoms. The Hall–Kier alpha value is -1.75. The summed E-state index contributed by atoms with van der Waals surface area (Å²) in [5.74, 6) is 0.951. The van der Waals surface area contributed by atoms with Crippen LogP contribution in [0.5, 0.6) is 0 Å². The van der Waals surface area contributed by atoms with Crippen LogP contribution in [0.15, 0.2) is 29.0 Å². The lowest BCUT2D eigenvalue weighted by atomic mass is 10.3. The third-order valence-corrected chi connectivity index (χ3v) is 1.56. The summed E-state index contributed by atoms with van der Waals surface area (Å²) >= 11 is 0. The summed E-state index contributed by atoms with van der Waals surface area (Å²) in [4.78, 5) is 7.99. The van der Waals surface area contributed by atoms with Gasteiger partial charge in [-0.25, -0.2) is 0 Å². The molecular formula is C8H8N4O. The van der Waals surface area contributed by atoms with Gasteiger partial charge in [-0.2, -0.15) is 4.98 Å². The smallest absolute Gasteiger partial charge is 0.259 e. The van der Waals surface area contributed by atoms with Crippen molar-refractivity contribution in [2.45, 2.75) is 6.54 Å². The van der Waals surface area contributed by atoms with Crippen molar-refractivity contribution in [3.8, 4) is 11.5 Å². The molecule has 66 valence electrons. The number of rotatable bonds is 2. The molecule has 0 amide bonds. The van der Waals surface area contributed by atoms with Gasteiger partial charge in [0, 0.05) is 12.4 Å². The van der Waals surface area contributed by atoms with Crippen molar-refractivity contribution in [2.75, 3.05) is 0 Å². The molecule has 0 aromatic carbocycles. The van der Waals surface area contributed by atoms with Crippen molar-refractivity contribution in [1.82, 2.24) is 15.1 Å². The molecule has 0 aliphatic rings. The Balaban J connectivity index is 2.36. The van der Waals surface area contributed by atoms with E-state index >= 15 is 0 Å². The number of hydrogen-bond donors (Lipinski definition) is 1. The first-order chi connectivity index (χ1) is 6.40. The van der Waals surface area contributed by atoms with Crippen LogP contribution in [0.4, 0.5) is 0 Å². The Labute approximate surface area is 74.6 Å². The second-order valence-corrected chi connectivity index (χ2v) is 2.46. The van der Waals surface area contributed by atoms with Crippen LogP contribution in [0.1, 0.15) is 5.82 Å². The second-order valence-electron chi connectivity index (χ2n) is 2.46. The zero-order valence-electron chi connectivity index (χ0n) is 6.84. The Kier molecular flexibility index (Phi) is 2.01. The zero-order valence-corrected chi connectivity index (χ0v) is 6.84. The van der Waals surface area contributed by atoms with E-state index in [0.29, 0.717) is 11.7 Å². The molecule has 2 N–H and O–H groups in total. The average Bonchev–Trinajstić information content (AvgIpc) is 2.67. The van der Waals surface area contributed by atoms with Gasteiger partial charge in [-0.15, -0.1) is 0 Å². The number of aromatic nitrogens is 3. The van der Waals surface area contributed by atoms with Crippen LogP contribution in [0, 0.1) is 0 Å². The van der Waals surface area contributed by atoms with Gasteiger partial charge in [-0.1, -0.05) is 5.16 Å². The van der Waals surface area contributed by atoms with Crippen molar-refractivity contribution in [3.63, 3.8) is 0 Å². The Morgan fingerprint density at radius 2 is 2.38 bits per heavy atom. The summed E-state index contributed by atoms with van der Waals surface area (Å²) in [6, 6.07) is 3.66. The number of pyridine rings is 1. The van der Waals surface area contributed by atoms with Crippen molar-refractivity contribution in [2.24, 2.45) is 5.73 Å². The molecule has 0 atom stereocenters. The number of hydrogen-bond acceptors (Lipinski definition) is 5. The molecule has 0 spiro atoms. The van der Waals surface area contributed by atoms with Crippen LogP contribution in [0.2, 0.25) is 0 Å². The SMILES string of the molecule is NCc1noc(-c2cccnc2)n1. The third-order valence-electron chi connectivity index (χ3n) is 1.56. The Bertz CT molecular complexity index is 384. The van der Waals surface area contributed by atoms with E-state index in [-0.39, 0.29) is 6.54 Å². The summed E-state index contributed by atoms with van der Waals surface area (Å²) < 4.78 is 4.96. The van der Waals surface area contributed by atoms with E-state index < -0.39 is 0 Å². The number of nitrogens with two attached hydrogens (primary N) is 1. The predicted octanol–water partition coefficient (Wildman–Crippen LogP) is 0.590. The van der Waals surface area contributed by atoms with Gasteiger partial charge < -0.3 is 10.3 Å². The van der Waals surface area contributed by atoms with E-state index in [1.807, 2.05) is 12.1 Å². The van der Waals surface area contributed by atoms with E-state index in [1.54, 1.807) is 12.4 Å². The molecule has 0 radical (unpaired) electrons. The molecule has 0 saturated carbocycles. The van der Waals surface area contributed by atoms with Crippen molar-refractivity contribution in [1.29, 1.82) is 0 Å². The van der Waals surface area contributed by atoms with Gasteiger partial charge in [-0.05, 0) is 12.1 Å². The summed E-state index contributed by atoms with van der Waals surface area (Å²) in [5, 5.41) is 3.67. The summed E-state index contributed by atoms with van der Waals surface area (Å²) in [7, 11) is 0. The maximum atomic E-state index is 5.34. The lowest BCUT2D eigenvalue weighted by Gasteiger charge is -1.89. The largest absolute Gasteiger partial charge is 0.334 e. The molecule has 0 aliphatic carbocycles. The fourth-order valence-corrected chi connectivity index (χ4v) is 0.943. The van der Waals surface area contributed by atoms with E-state index in [1.165, 1.54) is 0 Å². The minimum atomic E-state index is 0.282. The van der Waals surface area contributed by atoms with Crippen molar-refractivity contribution < 1.29 is 4.52 Å². The molecule has 5 heteroatoms. The minimum Gasteiger partial charge on any atom is -0.334 e. The highest BCUT2D eigenvalue weighted by Crippen LogP contribution is 2.14. The molecule has 2 aromatic rings. The van der Waals surface area contributed by atoms with E-state index in [4.69, 9.17) is 10.3 Å². The van der Waals surface area contributed by atoms with Crippen LogP contribution >= 0.6 is 0 Å². The molecule has 0 saturated heterocycles. The van der Waals surface area contributed by atoms with Gasteiger partial charge in [-0.3, -0.25) is 4.98 Å². The van der Waals surface area contributed by atoms with Crippen molar-refractivity contribution in [3.05, 3.63) is 30.4 Å². The Morgan fingerprint density at radius 1 is 1.46 bits per heavy atom. The number of nitrogens with zero attached hydrogens (tertiary/aromatic N) is 3. The zero-order chi connectivity index (χ0) is 9.10. The van der Waals surface area contributed by atoms with Gasteiger partial charge in [0.2, 0.25) is 0 Å². The highest BCUT2D eigenvalue weighted by molar-refractivity contribution is 5.50. The van der Waals surface area contributed by atoms with E-state index in [2.05, 4.69) is 15.1 Å². The molecule has 2 aromatic heterocycles. The molecule has 0 bridgehead atoms. The van der Waals surface area contributed by atoms with E-state index in [0.717, 1.165) is 5.56 Å². The maximum Gasteiger partial charge on any atom is 0.259 e. The second kappa shape index (κ2) is 3.32. The predicted molar refractivity (Wildman–Crippen MR) is 45.4 cm³/mol. The fourth-order valence-electron chi connectivity index (χ4n) is 0.943. The summed E-state index contributed by atoms with van der Waals surface area (Å²) in [6.07, 6.45) is 3.34. The first kappa shape index (κ1) is 7.88. The quantitative estimate of drug-likeness (QED) is 0.724. The molecule has 0 unspecified atom stereocenters. The first-order valence-electron chi connectivity index (χ1n) is 3.83. The Morgan fingerprint density at radius 3 is 3.00 bits per heavy atom. The molecule has 5 nitrogen and oxygen atoms in total. The van der Waals surface area contributed by atoms with Crippen molar-refractivity contribution >= 4 is 0 Å². The lowest BCUT2D eigenvalue weighted by Crippen LogP contribution is -1.97. The standard InChI is InChI=1S/C8H8N4O/c9-4-7-11-8(13-12-7)6-2-1-3-10-5-6/h1-3,5H,4,9H2. The van der Waals surface area contributed by atoms with Crippen LogP contribution in [-0.4, -0.2) is 15.1 Å². The van der Waals surface area contributed by atoms with Crippen LogP contribution in [0.25, 0.3) is 11.5 Å². The van der Waals surface area contributed by atoms with Gasteiger partial charge in [0.25, 0.3) is 5.89 Å². The normalized spacial score (nSPS) is 10.2. The first-order valence-corrected chi connectivity index (χ1v) is 3.83. The van der Waals surface area contributed by atoms with E-state index in [9.17, 15) is 0 Å². The van der Waals surface area contributed by atoms with Gasteiger partial charge in [0.15, 0.2) is 5.82 Å². The van der Waals surface area contributed by atoms with Gasteiger partial charge >= 0.3 is 0 Å². The lowest BCUT2D eigenvalue weighted by molar-refractivity contribution is 0.422. The monoisotopic (exact) mass is 176 g/mol. The van der Waals surface area contributed by atoms with Crippen LogP contribution < -0.4 is 5.73 Å². The van der Waals surface area contributed by atoms with Crippen LogP contribution in [0.3, 0.4) is 0 Å². The molecule has 0 aliphatic heterocycles. The fraction of sp³-hybridized carbons (Fsp3) is 0.125. The maximum absolute atomic E-state index is 5.34. The average molecular weight is 176 g/mol. The summed E-state index contributed by atoms with van der Waals surface area (Å²) in [6.45, 7) is 0.282. The molecular weight excluding hydrogens is 168 g/mol. The highest BCUT2D eigenvalue weighted by atomic mass is 16.5. The molecule has 2 heterocycles. The topological polar surface area (TPSA) is 77.8 Å². The minimum absolute atomic E-state index is 0.282. The molecule has 2 rings (SSSR count).